The molecule has 16 heavy (non-hydrogen) atoms. The summed E-state index contributed by atoms with van der Waals surface area (Å²) in [5, 5.41) is 0. The zero-order valence-corrected chi connectivity index (χ0v) is 9.87. The number of aromatic nitrogens is 2. The van der Waals surface area contributed by atoms with Crippen molar-refractivity contribution in [2.45, 2.75) is 50.9 Å². The van der Waals surface area contributed by atoms with Crippen LogP contribution in [0.25, 0.3) is 0 Å². The largest absolute Gasteiger partial charge is 0.330 e. The molecule has 0 bridgehead atoms. The van der Waals surface area contributed by atoms with Gasteiger partial charge in [-0.05, 0) is 57.1 Å². The molecule has 0 spiro atoms. The van der Waals surface area contributed by atoms with Gasteiger partial charge in [-0.3, -0.25) is 0 Å². The Morgan fingerprint density at radius 2 is 2.06 bits per heavy atom. The number of nitrogens with two attached hydrogens (primary N) is 1. The SMILES string of the molecule is Cc1nc(C2CC2)nc2c1C(CCN)CC2. The van der Waals surface area contributed by atoms with Crippen LogP contribution in [-0.2, 0) is 6.42 Å². The molecule has 1 unspecified atom stereocenters. The average Bonchev–Trinajstić information content (AvgIpc) is 3.03. The van der Waals surface area contributed by atoms with Gasteiger partial charge in [0.1, 0.15) is 5.82 Å². The Morgan fingerprint density at radius 1 is 1.25 bits per heavy atom. The van der Waals surface area contributed by atoms with E-state index in [9.17, 15) is 0 Å². The van der Waals surface area contributed by atoms with Crippen LogP contribution in [0, 0.1) is 6.92 Å². The second-order valence-electron chi connectivity index (χ2n) is 5.11. The Kier molecular flexibility index (Phi) is 2.43. The molecule has 0 aliphatic heterocycles. The summed E-state index contributed by atoms with van der Waals surface area (Å²) in [5.41, 5.74) is 9.60. The first-order chi connectivity index (χ1) is 7.79. The zero-order chi connectivity index (χ0) is 11.1. The van der Waals surface area contributed by atoms with E-state index in [1.807, 2.05) is 0 Å². The number of aryl methyl sites for hydroxylation is 2. The second kappa shape index (κ2) is 3.81. The fourth-order valence-electron chi connectivity index (χ4n) is 2.86. The summed E-state index contributed by atoms with van der Waals surface area (Å²) in [7, 11) is 0. The lowest BCUT2D eigenvalue weighted by Crippen LogP contribution is -2.08. The molecule has 0 amide bonds. The van der Waals surface area contributed by atoms with Crippen molar-refractivity contribution < 1.29 is 0 Å². The monoisotopic (exact) mass is 217 g/mol. The Bertz CT molecular complexity index is 410. The van der Waals surface area contributed by atoms with Gasteiger partial charge in [-0.2, -0.15) is 0 Å². The van der Waals surface area contributed by atoms with Crippen LogP contribution in [0.3, 0.4) is 0 Å². The molecular weight excluding hydrogens is 198 g/mol. The molecule has 0 radical (unpaired) electrons. The molecule has 1 atom stereocenters. The van der Waals surface area contributed by atoms with E-state index in [1.165, 1.54) is 36.2 Å². The van der Waals surface area contributed by atoms with Crippen molar-refractivity contribution in [2.24, 2.45) is 5.73 Å². The first-order valence-corrected chi connectivity index (χ1v) is 6.37. The predicted octanol–water partition coefficient (Wildman–Crippen LogP) is 2.04. The molecule has 1 aromatic rings. The van der Waals surface area contributed by atoms with Crippen LogP contribution in [0.2, 0.25) is 0 Å². The van der Waals surface area contributed by atoms with E-state index in [-0.39, 0.29) is 0 Å². The van der Waals surface area contributed by atoms with Crippen molar-refractivity contribution in [3.63, 3.8) is 0 Å². The van der Waals surface area contributed by atoms with Gasteiger partial charge in [0.15, 0.2) is 0 Å². The summed E-state index contributed by atoms with van der Waals surface area (Å²) in [6.45, 7) is 2.91. The normalized spacial score (nSPS) is 23.5. The van der Waals surface area contributed by atoms with Crippen LogP contribution in [0.5, 0.6) is 0 Å². The molecule has 1 heterocycles. The van der Waals surface area contributed by atoms with Gasteiger partial charge >= 0.3 is 0 Å². The van der Waals surface area contributed by atoms with Crippen LogP contribution >= 0.6 is 0 Å². The Morgan fingerprint density at radius 3 is 2.75 bits per heavy atom. The van der Waals surface area contributed by atoms with Gasteiger partial charge in [0, 0.05) is 17.3 Å². The summed E-state index contributed by atoms with van der Waals surface area (Å²) in [6.07, 6.45) is 5.99. The van der Waals surface area contributed by atoms with Crippen molar-refractivity contribution in [3.05, 3.63) is 22.8 Å². The van der Waals surface area contributed by atoms with Crippen LogP contribution in [0.15, 0.2) is 0 Å². The van der Waals surface area contributed by atoms with Crippen molar-refractivity contribution in [1.82, 2.24) is 9.97 Å². The average molecular weight is 217 g/mol. The quantitative estimate of drug-likeness (QED) is 0.843. The van der Waals surface area contributed by atoms with Gasteiger partial charge in [0.2, 0.25) is 0 Å². The molecule has 1 saturated carbocycles. The maximum Gasteiger partial charge on any atom is 0.131 e. The summed E-state index contributed by atoms with van der Waals surface area (Å²) < 4.78 is 0. The maximum absolute atomic E-state index is 5.66. The summed E-state index contributed by atoms with van der Waals surface area (Å²) in [6, 6.07) is 0. The highest BCUT2D eigenvalue weighted by Gasteiger charge is 2.31. The second-order valence-corrected chi connectivity index (χ2v) is 5.11. The summed E-state index contributed by atoms with van der Waals surface area (Å²) >= 11 is 0. The molecule has 2 aliphatic rings. The van der Waals surface area contributed by atoms with Crippen molar-refractivity contribution in [1.29, 1.82) is 0 Å². The molecule has 3 rings (SSSR count). The van der Waals surface area contributed by atoms with E-state index in [0.717, 1.165) is 25.2 Å². The number of fused-ring (bicyclic) bond motifs is 1. The van der Waals surface area contributed by atoms with Gasteiger partial charge in [-0.1, -0.05) is 0 Å². The lowest BCUT2D eigenvalue weighted by atomic mass is 9.98. The third kappa shape index (κ3) is 1.63. The molecule has 0 saturated heterocycles. The van der Waals surface area contributed by atoms with E-state index in [0.29, 0.717) is 11.8 Å². The van der Waals surface area contributed by atoms with E-state index in [1.54, 1.807) is 0 Å². The molecule has 1 fully saturated rings. The fraction of sp³-hybridized carbons (Fsp3) is 0.692. The fourth-order valence-corrected chi connectivity index (χ4v) is 2.86. The third-order valence-electron chi connectivity index (χ3n) is 3.83. The molecule has 2 N–H and O–H groups in total. The van der Waals surface area contributed by atoms with E-state index in [4.69, 9.17) is 10.7 Å². The highest BCUT2D eigenvalue weighted by Crippen LogP contribution is 2.41. The summed E-state index contributed by atoms with van der Waals surface area (Å²) in [4.78, 5) is 9.44. The van der Waals surface area contributed by atoms with E-state index < -0.39 is 0 Å². The number of nitrogens with zero attached hydrogens (tertiary/aromatic N) is 2. The number of hydrogen-bond donors (Lipinski definition) is 1. The lowest BCUT2D eigenvalue weighted by Gasteiger charge is -2.12. The van der Waals surface area contributed by atoms with Gasteiger partial charge < -0.3 is 5.73 Å². The number of rotatable bonds is 3. The minimum atomic E-state index is 0.619. The standard InChI is InChI=1S/C13H19N3/c1-8-12-9(6-7-14)4-5-11(12)16-13(15-8)10-2-3-10/h9-10H,2-7,14H2,1H3. The first kappa shape index (κ1) is 10.2. The minimum absolute atomic E-state index is 0.619. The minimum Gasteiger partial charge on any atom is -0.330 e. The van der Waals surface area contributed by atoms with Crippen LogP contribution in [-0.4, -0.2) is 16.5 Å². The third-order valence-corrected chi connectivity index (χ3v) is 3.83. The Labute approximate surface area is 96.5 Å². The topological polar surface area (TPSA) is 51.8 Å². The van der Waals surface area contributed by atoms with Crippen LogP contribution < -0.4 is 5.73 Å². The first-order valence-electron chi connectivity index (χ1n) is 6.37. The molecule has 86 valence electrons. The molecule has 3 nitrogen and oxygen atoms in total. The zero-order valence-electron chi connectivity index (χ0n) is 9.87. The van der Waals surface area contributed by atoms with Crippen molar-refractivity contribution >= 4 is 0 Å². The molecular formula is C13H19N3. The van der Waals surface area contributed by atoms with E-state index in [2.05, 4.69) is 11.9 Å². The van der Waals surface area contributed by atoms with Gasteiger partial charge in [0.25, 0.3) is 0 Å². The molecule has 3 heteroatoms. The highest BCUT2D eigenvalue weighted by atomic mass is 14.9. The van der Waals surface area contributed by atoms with Gasteiger partial charge in [-0.25, -0.2) is 9.97 Å². The van der Waals surface area contributed by atoms with Crippen molar-refractivity contribution in [2.75, 3.05) is 6.54 Å². The van der Waals surface area contributed by atoms with Gasteiger partial charge in [0.05, 0.1) is 0 Å². The summed E-state index contributed by atoms with van der Waals surface area (Å²) in [5.74, 6) is 2.38. The van der Waals surface area contributed by atoms with Crippen LogP contribution in [0.1, 0.15) is 60.3 Å². The molecule has 1 aromatic heterocycles. The molecule has 2 aliphatic carbocycles. The van der Waals surface area contributed by atoms with E-state index >= 15 is 0 Å². The Balaban J connectivity index is 1.96. The molecule has 0 aromatic carbocycles. The van der Waals surface area contributed by atoms with Gasteiger partial charge in [-0.15, -0.1) is 0 Å². The predicted molar refractivity (Wildman–Crippen MR) is 63.5 cm³/mol. The van der Waals surface area contributed by atoms with Crippen LogP contribution in [0.4, 0.5) is 0 Å². The highest BCUT2D eigenvalue weighted by molar-refractivity contribution is 5.34. The smallest absolute Gasteiger partial charge is 0.131 e. The van der Waals surface area contributed by atoms with Crippen molar-refractivity contribution in [3.8, 4) is 0 Å². The lowest BCUT2D eigenvalue weighted by molar-refractivity contribution is 0.623. The Hall–Kier alpha value is -0.960. The maximum atomic E-state index is 5.66. The number of hydrogen-bond acceptors (Lipinski definition) is 3.